The minimum atomic E-state index is -0.708. The van der Waals surface area contributed by atoms with Gasteiger partial charge < -0.3 is 40.0 Å². The maximum absolute atomic E-state index is 13.7. The van der Waals surface area contributed by atoms with Gasteiger partial charge in [0.1, 0.15) is 17.8 Å². The average molecular weight is 727 g/mol. The molecule has 0 aromatic heterocycles. The monoisotopic (exact) mass is 726 g/mol. The number of esters is 1. The lowest BCUT2D eigenvalue weighted by molar-refractivity contribution is -0.132. The summed E-state index contributed by atoms with van der Waals surface area (Å²) in [6, 6.07) is 11.1. The van der Waals surface area contributed by atoms with Gasteiger partial charge in [0.15, 0.2) is 28.1 Å². The number of benzene rings is 3. The SMILES string of the molecule is COc1c(C)cc2c(c1O)[C@@H]1[C@@H]3Cc4c(OC(C)=O)c(C)c5c(c4[C@H](CNC(=O)[C@H](C)NC(=S)Nc4ccccc4)N3[C@@H](C#N)[C@@H](C2)N1C)OCO5. The summed E-state index contributed by atoms with van der Waals surface area (Å²) >= 11 is 5.49. The van der Waals surface area contributed by atoms with Gasteiger partial charge in [0.25, 0.3) is 0 Å². The van der Waals surface area contributed by atoms with Crippen LogP contribution >= 0.6 is 12.2 Å². The van der Waals surface area contributed by atoms with Gasteiger partial charge in [-0.15, -0.1) is 0 Å². The fourth-order valence-electron chi connectivity index (χ4n) is 8.61. The number of carbonyl (C=O) groups excluding carboxylic acids is 2. The highest BCUT2D eigenvalue weighted by molar-refractivity contribution is 7.80. The minimum Gasteiger partial charge on any atom is -0.504 e. The van der Waals surface area contributed by atoms with E-state index in [9.17, 15) is 20.0 Å². The molecule has 0 saturated carbocycles. The van der Waals surface area contributed by atoms with Gasteiger partial charge in [-0.1, -0.05) is 24.3 Å². The summed E-state index contributed by atoms with van der Waals surface area (Å²) in [6.45, 7) is 6.85. The van der Waals surface area contributed by atoms with Crippen molar-refractivity contribution in [2.45, 2.75) is 76.8 Å². The standard InChI is InChI=1S/C38H42N6O7S/c1-18-12-22-13-25-27(15-39)44-26(31(43(25)5)29(22)32(46)33(18)48-6)14-24-30(36-35(49-17-50-36)19(2)34(24)51-21(4)45)28(44)16-40-37(47)20(3)41-38(52)42-23-10-8-7-9-11-23/h7-12,20,25-28,31,46H,13-14,16-17H2,1-6H3,(H,40,47)(H2,41,42,52)/t20-,25+,26-,27-,28-,31-/m0/s1. The molecular formula is C38H42N6O7S. The number of nitriles is 1. The first kappa shape index (κ1) is 35.3. The fourth-order valence-corrected chi connectivity index (χ4v) is 8.91. The Hall–Kier alpha value is -5.10. The summed E-state index contributed by atoms with van der Waals surface area (Å²) in [4.78, 5) is 30.6. The van der Waals surface area contributed by atoms with Crippen LogP contribution < -0.4 is 34.9 Å². The van der Waals surface area contributed by atoms with Crippen molar-refractivity contribution in [2.75, 3.05) is 32.8 Å². The molecule has 1 saturated heterocycles. The van der Waals surface area contributed by atoms with E-state index in [0.29, 0.717) is 52.1 Å². The number of phenolic OH excluding ortho intramolecular Hbond substituents is 1. The van der Waals surface area contributed by atoms with E-state index in [1.165, 1.54) is 14.0 Å². The number of methoxy groups -OCH3 is 1. The lowest BCUT2D eigenvalue weighted by atomic mass is 9.71. The Bertz CT molecular complexity index is 2000. The molecule has 3 aromatic carbocycles. The fraction of sp³-hybridized carbons (Fsp3) is 0.421. The summed E-state index contributed by atoms with van der Waals surface area (Å²) in [6.07, 6.45) is 0.872. The largest absolute Gasteiger partial charge is 0.504 e. The Morgan fingerprint density at radius 1 is 1.12 bits per heavy atom. The highest BCUT2D eigenvalue weighted by atomic mass is 32.1. The number of aryl methyl sites for hydroxylation is 1. The third kappa shape index (κ3) is 5.82. The second-order valence-corrected chi connectivity index (χ2v) is 14.2. The molecule has 0 spiro atoms. The number of thiocarbonyl (C=S) groups is 1. The average Bonchev–Trinajstić information content (AvgIpc) is 3.60. The highest BCUT2D eigenvalue weighted by Crippen LogP contribution is 2.58. The molecule has 4 N–H and O–H groups in total. The number of nitrogens with zero attached hydrogens (tertiary/aromatic N) is 3. The van der Waals surface area contributed by atoms with Crippen LogP contribution in [0.4, 0.5) is 5.69 Å². The Morgan fingerprint density at radius 2 is 1.85 bits per heavy atom. The van der Waals surface area contributed by atoms with Crippen molar-refractivity contribution in [3.63, 3.8) is 0 Å². The van der Waals surface area contributed by atoms with Gasteiger partial charge in [0, 0.05) is 53.5 Å². The highest BCUT2D eigenvalue weighted by Gasteiger charge is 2.57. The predicted molar refractivity (Wildman–Crippen MR) is 196 cm³/mol. The number of fused-ring (bicyclic) bond motifs is 9. The number of nitrogens with one attached hydrogen (secondary N) is 3. The van der Waals surface area contributed by atoms with Gasteiger partial charge >= 0.3 is 5.97 Å². The number of amides is 1. The summed E-state index contributed by atoms with van der Waals surface area (Å²) in [5, 5.41) is 32.2. The van der Waals surface area contributed by atoms with E-state index < -0.39 is 30.1 Å². The van der Waals surface area contributed by atoms with E-state index in [0.717, 1.165) is 27.9 Å². The molecule has 6 atom stereocenters. The van der Waals surface area contributed by atoms with Gasteiger partial charge in [-0.25, -0.2) is 0 Å². The number of aromatic hydroxyl groups is 1. The zero-order valence-corrected chi connectivity index (χ0v) is 30.7. The van der Waals surface area contributed by atoms with Gasteiger partial charge in [0.05, 0.1) is 25.3 Å². The molecule has 4 aliphatic heterocycles. The lowest BCUT2D eigenvalue weighted by Crippen LogP contribution is -2.69. The van der Waals surface area contributed by atoms with Crippen molar-refractivity contribution in [1.29, 1.82) is 5.26 Å². The Morgan fingerprint density at radius 3 is 2.54 bits per heavy atom. The van der Waals surface area contributed by atoms with Gasteiger partial charge in [-0.2, -0.15) is 5.26 Å². The first-order valence-electron chi connectivity index (χ1n) is 17.3. The van der Waals surface area contributed by atoms with Crippen LogP contribution in [0.2, 0.25) is 0 Å². The molecule has 272 valence electrons. The second-order valence-electron chi connectivity index (χ2n) is 13.8. The Balaban J connectivity index is 1.31. The van der Waals surface area contributed by atoms with Crippen LogP contribution in [-0.4, -0.2) is 83.6 Å². The predicted octanol–water partition coefficient (Wildman–Crippen LogP) is 3.93. The molecular weight excluding hydrogens is 685 g/mol. The van der Waals surface area contributed by atoms with E-state index in [1.54, 1.807) is 6.92 Å². The normalized spacial score (nSPS) is 23.2. The number of ether oxygens (including phenoxy) is 4. The van der Waals surface area contributed by atoms with E-state index in [-0.39, 0.29) is 37.1 Å². The number of rotatable bonds is 7. The molecule has 1 amide bonds. The number of hydrogen-bond donors (Lipinski definition) is 4. The van der Waals surface area contributed by atoms with Crippen molar-refractivity contribution < 1.29 is 33.6 Å². The number of hydrogen-bond acceptors (Lipinski definition) is 11. The van der Waals surface area contributed by atoms with Crippen LogP contribution in [-0.2, 0) is 22.4 Å². The smallest absolute Gasteiger partial charge is 0.308 e. The molecule has 3 aromatic rings. The molecule has 0 unspecified atom stereocenters. The molecule has 7 rings (SSSR count). The van der Waals surface area contributed by atoms with Crippen molar-refractivity contribution in [3.05, 3.63) is 69.8 Å². The van der Waals surface area contributed by atoms with Crippen LogP contribution in [0.5, 0.6) is 28.7 Å². The Labute approximate surface area is 307 Å². The summed E-state index contributed by atoms with van der Waals surface area (Å²) in [7, 11) is 3.52. The van der Waals surface area contributed by atoms with Crippen LogP contribution in [0, 0.1) is 25.2 Å². The summed E-state index contributed by atoms with van der Waals surface area (Å²) < 4.78 is 23.6. The lowest BCUT2D eigenvalue weighted by Gasteiger charge is -2.60. The minimum absolute atomic E-state index is 0.0302. The summed E-state index contributed by atoms with van der Waals surface area (Å²) in [5.74, 6) is 1.00. The molecule has 2 bridgehead atoms. The third-order valence-electron chi connectivity index (χ3n) is 10.8. The van der Waals surface area contributed by atoms with Gasteiger partial charge in [0.2, 0.25) is 12.7 Å². The number of phenols is 1. The molecule has 14 heteroatoms. The number of likely N-dealkylation sites (N-methyl/N-ethyl adjacent to an activating group) is 1. The molecule has 52 heavy (non-hydrogen) atoms. The second kappa shape index (κ2) is 13.8. The quantitative estimate of drug-likeness (QED) is 0.158. The number of carbonyl (C=O) groups is 2. The zero-order chi connectivity index (χ0) is 37.0. The molecule has 0 aliphatic carbocycles. The zero-order valence-electron chi connectivity index (χ0n) is 29.9. The van der Waals surface area contributed by atoms with Crippen LogP contribution in [0.3, 0.4) is 0 Å². The first-order valence-corrected chi connectivity index (χ1v) is 17.7. The van der Waals surface area contributed by atoms with Crippen molar-refractivity contribution in [1.82, 2.24) is 20.4 Å². The maximum atomic E-state index is 13.7. The molecule has 13 nitrogen and oxygen atoms in total. The van der Waals surface area contributed by atoms with Gasteiger partial charge in [-0.3, -0.25) is 19.4 Å². The third-order valence-corrected chi connectivity index (χ3v) is 11.0. The van der Waals surface area contributed by atoms with Crippen molar-refractivity contribution >= 4 is 34.9 Å². The molecule has 4 heterocycles. The molecule has 4 aliphatic rings. The maximum Gasteiger partial charge on any atom is 0.308 e. The molecule has 1 fully saturated rings. The van der Waals surface area contributed by atoms with Crippen molar-refractivity contribution in [3.8, 4) is 34.8 Å². The van der Waals surface area contributed by atoms with E-state index >= 15 is 0 Å². The van der Waals surface area contributed by atoms with Gasteiger partial charge in [-0.05, 0) is 76.1 Å². The van der Waals surface area contributed by atoms with E-state index in [4.69, 9.17) is 31.2 Å². The first-order chi connectivity index (χ1) is 24.9. The number of piperazine rings is 1. The Kier molecular flexibility index (Phi) is 9.37. The number of anilines is 1. The summed E-state index contributed by atoms with van der Waals surface area (Å²) in [5.41, 5.74) is 5.34. The van der Waals surface area contributed by atoms with E-state index in [2.05, 4.69) is 31.8 Å². The molecule has 0 radical (unpaired) electrons. The topological polar surface area (TPSA) is 158 Å². The van der Waals surface area contributed by atoms with Crippen LogP contribution in [0.1, 0.15) is 59.3 Å². The van der Waals surface area contributed by atoms with E-state index in [1.807, 2.05) is 57.3 Å². The number of para-hydroxylation sites is 1. The van der Waals surface area contributed by atoms with Crippen LogP contribution in [0.15, 0.2) is 36.4 Å². The van der Waals surface area contributed by atoms with Crippen molar-refractivity contribution in [2.24, 2.45) is 0 Å². The van der Waals surface area contributed by atoms with Crippen LogP contribution in [0.25, 0.3) is 0 Å².